The summed E-state index contributed by atoms with van der Waals surface area (Å²) in [5.74, 6) is 0.943. The molecule has 2 aromatic heterocycles. The highest BCUT2D eigenvalue weighted by atomic mass is 32.1. The Hall–Kier alpha value is -1.69. The molecule has 112 valence electrons. The number of hydrogen-bond acceptors (Lipinski definition) is 5. The van der Waals surface area contributed by atoms with Crippen LogP contribution in [0, 0.1) is 6.92 Å². The van der Waals surface area contributed by atoms with Crippen molar-refractivity contribution in [1.82, 2.24) is 9.97 Å². The van der Waals surface area contributed by atoms with Crippen molar-refractivity contribution in [2.75, 3.05) is 5.32 Å². The van der Waals surface area contributed by atoms with Crippen molar-refractivity contribution < 1.29 is 9.90 Å². The van der Waals surface area contributed by atoms with Crippen LogP contribution in [0.1, 0.15) is 48.9 Å². The Morgan fingerprint density at radius 2 is 2.24 bits per heavy atom. The van der Waals surface area contributed by atoms with Crippen LogP contribution < -0.4 is 5.32 Å². The Bertz CT molecular complexity index is 710. The zero-order chi connectivity index (χ0) is 15.1. The van der Waals surface area contributed by atoms with Crippen LogP contribution in [0.4, 0.5) is 5.82 Å². The minimum atomic E-state index is -0.878. The first-order valence-electron chi connectivity index (χ1n) is 7.26. The molecule has 2 atom stereocenters. The summed E-state index contributed by atoms with van der Waals surface area (Å²) in [5.41, 5.74) is 1.32. The second kappa shape index (κ2) is 5.26. The first kappa shape index (κ1) is 14.3. The van der Waals surface area contributed by atoms with Crippen LogP contribution in [-0.4, -0.2) is 27.1 Å². The van der Waals surface area contributed by atoms with Crippen molar-refractivity contribution in [2.24, 2.45) is 0 Å². The van der Waals surface area contributed by atoms with Crippen molar-refractivity contribution in [3.8, 4) is 0 Å². The third kappa shape index (κ3) is 2.48. The van der Waals surface area contributed by atoms with E-state index in [0.717, 1.165) is 16.6 Å². The van der Waals surface area contributed by atoms with E-state index in [0.29, 0.717) is 17.6 Å². The van der Waals surface area contributed by atoms with Gasteiger partial charge < -0.3 is 10.4 Å². The maximum absolute atomic E-state index is 11.1. The van der Waals surface area contributed by atoms with Crippen LogP contribution in [0.25, 0.3) is 10.2 Å². The van der Waals surface area contributed by atoms with Crippen LogP contribution in [0.2, 0.25) is 0 Å². The zero-order valence-electron chi connectivity index (χ0n) is 12.4. The second-order valence-electron chi connectivity index (χ2n) is 5.74. The molecular formula is C15H19N3O2S. The number of rotatable bonds is 3. The van der Waals surface area contributed by atoms with Gasteiger partial charge in [0.05, 0.1) is 5.39 Å². The maximum Gasteiger partial charge on any atom is 0.325 e. The van der Waals surface area contributed by atoms with Crippen molar-refractivity contribution in [3.63, 3.8) is 0 Å². The number of carboxylic acid groups (broad SMARTS) is 1. The van der Waals surface area contributed by atoms with Gasteiger partial charge >= 0.3 is 5.97 Å². The first-order chi connectivity index (χ1) is 9.97. The van der Waals surface area contributed by atoms with Crippen LogP contribution >= 0.6 is 11.3 Å². The summed E-state index contributed by atoms with van der Waals surface area (Å²) < 4.78 is 0. The molecule has 0 aliphatic heterocycles. The Balaban J connectivity index is 2.18. The van der Waals surface area contributed by atoms with Gasteiger partial charge in [0.15, 0.2) is 0 Å². The molecule has 6 heteroatoms. The van der Waals surface area contributed by atoms with Gasteiger partial charge in [-0.15, -0.1) is 11.3 Å². The van der Waals surface area contributed by atoms with E-state index in [4.69, 9.17) is 5.11 Å². The van der Waals surface area contributed by atoms with Gasteiger partial charge in [-0.25, -0.2) is 9.97 Å². The number of carbonyl (C=O) groups is 1. The van der Waals surface area contributed by atoms with Crippen LogP contribution in [0.15, 0.2) is 0 Å². The van der Waals surface area contributed by atoms with Crippen molar-refractivity contribution in [3.05, 3.63) is 16.3 Å². The average Bonchev–Trinajstić information content (AvgIpc) is 2.77. The fraction of sp³-hybridized carbons (Fsp3) is 0.533. The number of hydrogen-bond donors (Lipinski definition) is 2. The number of fused-ring (bicyclic) bond motifs is 3. The van der Waals surface area contributed by atoms with Crippen molar-refractivity contribution in [1.29, 1.82) is 0 Å². The van der Waals surface area contributed by atoms with E-state index in [1.54, 1.807) is 18.3 Å². The Morgan fingerprint density at radius 3 is 2.95 bits per heavy atom. The monoisotopic (exact) mass is 305 g/mol. The van der Waals surface area contributed by atoms with E-state index in [1.807, 2.05) is 6.92 Å². The largest absolute Gasteiger partial charge is 0.480 e. The molecule has 0 saturated heterocycles. The summed E-state index contributed by atoms with van der Waals surface area (Å²) in [7, 11) is 0. The Kier molecular flexibility index (Phi) is 3.57. The van der Waals surface area contributed by atoms with E-state index in [1.165, 1.54) is 23.3 Å². The molecule has 1 aliphatic rings. The summed E-state index contributed by atoms with van der Waals surface area (Å²) in [4.78, 5) is 22.5. The molecule has 3 rings (SSSR count). The SMILES string of the molecule is Cc1nc(N[C@@H](C)C(=O)O)c2c3c(sc2n1)CCC[C@@H]3C. The molecule has 0 saturated carbocycles. The van der Waals surface area contributed by atoms with Crippen LogP contribution in [0.3, 0.4) is 0 Å². The predicted molar refractivity (Wildman–Crippen MR) is 84.2 cm³/mol. The highest BCUT2D eigenvalue weighted by Crippen LogP contribution is 2.43. The van der Waals surface area contributed by atoms with Crippen molar-refractivity contribution in [2.45, 2.75) is 52.0 Å². The van der Waals surface area contributed by atoms with E-state index >= 15 is 0 Å². The van der Waals surface area contributed by atoms with Gasteiger partial charge in [-0.05, 0) is 44.6 Å². The molecule has 1 aliphatic carbocycles. The van der Waals surface area contributed by atoms with E-state index in [2.05, 4.69) is 22.2 Å². The van der Waals surface area contributed by atoms with Crippen LogP contribution in [-0.2, 0) is 11.2 Å². The normalized spacial score (nSPS) is 19.3. The molecule has 2 N–H and O–H groups in total. The lowest BCUT2D eigenvalue weighted by Crippen LogP contribution is -2.26. The number of carboxylic acids is 1. The van der Waals surface area contributed by atoms with Gasteiger partial charge in [-0.1, -0.05) is 6.92 Å². The lowest BCUT2D eigenvalue weighted by molar-refractivity contribution is -0.137. The highest BCUT2D eigenvalue weighted by molar-refractivity contribution is 7.19. The summed E-state index contributed by atoms with van der Waals surface area (Å²) in [5, 5.41) is 13.2. The summed E-state index contributed by atoms with van der Waals surface area (Å²) >= 11 is 1.73. The number of aliphatic carboxylic acids is 1. The molecule has 0 amide bonds. The van der Waals surface area contributed by atoms with Crippen LogP contribution in [0.5, 0.6) is 0 Å². The summed E-state index contributed by atoms with van der Waals surface area (Å²) in [6, 6.07) is -0.669. The number of thiophene rings is 1. The predicted octanol–water partition coefficient (Wildman–Crippen LogP) is 3.32. The molecule has 0 fully saturated rings. The molecule has 0 bridgehead atoms. The molecule has 5 nitrogen and oxygen atoms in total. The molecule has 0 unspecified atom stereocenters. The molecule has 2 aromatic rings. The molecule has 21 heavy (non-hydrogen) atoms. The fourth-order valence-electron chi connectivity index (χ4n) is 2.97. The van der Waals surface area contributed by atoms with Gasteiger partial charge in [-0.3, -0.25) is 4.79 Å². The number of aromatic nitrogens is 2. The number of nitrogens with one attached hydrogen (secondary N) is 1. The fourth-order valence-corrected chi connectivity index (χ4v) is 4.35. The van der Waals surface area contributed by atoms with Gasteiger partial charge in [0.1, 0.15) is 22.5 Å². The molecule has 0 spiro atoms. The maximum atomic E-state index is 11.1. The second-order valence-corrected chi connectivity index (χ2v) is 6.82. The summed E-state index contributed by atoms with van der Waals surface area (Å²) in [6.07, 6.45) is 3.47. The van der Waals surface area contributed by atoms with Gasteiger partial charge in [0.25, 0.3) is 0 Å². The highest BCUT2D eigenvalue weighted by Gasteiger charge is 2.26. The van der Waals surface area contributed by atoms with E-state index in [-0.39, 0.29) is 0 Å². The van der Waals surface area contributed by atoms with Gasteiger partial charge in [0.2, 0.25) is 0 Å². The lowest BCUT2D eigenvalue weighted by Gasteiger charge is -2.20. The first-order valence-corrected chi connectivity index (χ1v) is 8.08. The molecular weight excluding hydrogens is 286 g/mol. The average molecular weight is 305 g/mol. The van der Waals surface area contributed by atoms with E-state index in [9.17, 15) is 4.79 Å². The molecule has 0 aromatic carbocycles. The smallest absolute Gasteiger partial charge is 0.325 e. The number of aryl methyl sites for hydroxylation is 2. The zero-order valence-corrected chi connectivity index (χ0v) is 13.3. The standard InChI is InChI=1S/C15H19N3O2S/c1-7-5-4-6-10-11(7)12-13(16-8(2)15(19)20)17-9(3)18-14(12)21-10/h7-8H,4-6H2,1-3H3,(H,19,20)(H,16,17,18)/t7-,8-/m0/s1. The Labute approximate surface area is 127 Å². The molecule has 0 radical (unpaired) electrons. The summed E-state index contributed by atoms with van der Waals surface area (Å²) in [6.45, 7) is 5.71. The topological polar surface area (TPSA) is 75.1 Å². The van der Waals surface area contributed by atoms with Gasteiger partial charge in [0, 0.05) is 4.88 Å². The lowest BCUT2D eigenvalue weighted by atomic mass is 9.87. The quantitative estimate of drug-likeness (QED) is 0.909. The third-order valence-electron chi connectivity index (χ3n) is 4.03. The number of nitrogens with zero attached hydrogens (tertiary/aromatic N) is 2. The van der Waals surface area contributed by atoms with E-state index < -0.39 is 12.0 Å². The van der Waals surface area contributed by atoms with Crippen molar-refractivity contribution >= 4 is 33.3 Å². The number of anilines is 1. The van der Waals surface area contributed by atoms with Gasteiger partial charge in [-0.2, -0.15) is 0 Å². The minimum absolute atomic E-state index is 0.481. The molecule has 2 heterocycles. The minimum Gasteiger partial charge on any atom is -0.480 e. The third-order valence-corrected chi connectivity index (χ3v) is 5.19. The Morgan fingerprint density at radius 1 is 1.48 bits per heavy atom.